The van der Waals surface area contributed by atoms with Crippen LogP contribution in [0.2, 0.25) is 0 Å². The molecule has 0 bridgehead atoms. The summed E-state index contributed by atoms with van der Waals surface area (Å²) < 4.78 is 1.06. The first-order valence-electron chi connectivity index (χ1n) is 6.39. The molecule has 0 radical (unpaired) electrons. The third-order valence-corrected chi connectivity index (χ3v) is 3.34. The SMILES string of the molecule is O=C(NCCc1ccc(Br)cc1)NCc1ccncc1. The van der Waals surface area contributed by atoms with Crippen LogP contribution < -0.4 is 10.6 Å². The molecule has 0 atom stereocenters. The van der Waals surface area contributed by atoms with Gasteiger partial charge in [-0.25, -0.2) is 4.79 Å². The van der Waals surface area contributed by atoms with Crippen molar-refractivity contribution in [2.75, 3.05) is 6.54 Å². The summed E-state index contributed by atoms with van der Waals surface area (Å²) in [5.74, 6) is 0. The van der Waals surface area contributed by atoms with E-state index >= 15 is 0 Å². The second-order valence-electron chi connectivity index (χ2n) is 4.34. The quantitative estimate of drug-likeness (QED) is 0.883. The van der Waals surface area contributed by atoms with Gasteiger partial charge in [-0.2, -0.15) is 0 Å². The molecule has 20 heavy (non-hydrogen) atoms. The zero-order valence-corrected chi connectivity index (χ0v) is 12.6. The highest BCUT2D eigenvalue weighted by molar-refractivity contribution is 9.10. The van der Waals surface area contributed by atoms with E-state index in [9.17, 15) is 4.79 Å². The van der Waals surface area contributed by atoms with Gasteiger partial charge in [-0.15, -0.1) is 0 Å². The van der Waals surface area contributed by atoms with E-state index in [1.54, 1.807) is 12.4 Å². The zero-order valence-electron chi connectivity index (χ0n) is 11.0. The smallest absolute Gasteiger partial charge is 0.315 e. The lowest BCUT2D eigenvalue weighted by Crippen LogP contribution is -2.36. The highest BCUT2D eigenvalue weighted by Gasteiger charge is 2.00. The molecule has 0 spiro atoms. The van der Waals surface area contributed by atoms with Gasteiger partial charge in [0.15, 0.2) is 0 Å². The molecule has 0 aliphatic carbocycles. The predicted molar refractivity (Wildman–Crippen MR) is 82.3 cm³/mol. The number of hydrogen-bond donors (Lipinski definition) is 2. The summed E-state index contributed by atoms with van der Waals surface area (Å²) in [5.41, 5.74) is 2.23. The summed E-state index contributed by atoms with van der Waals surface area (Å²) in [7, 11) is 0. The number of pyridine rings is 1. The van der Waals surface area contributed by atoms with E-state index < -0.39 is 0 Å². The minimum absolute atomic E-state index is 0.154. The number of benzene rings is 1. The minimum atomic E-state index is -0.154. The lowest BCUT2D eigenvalue weighted by Gasteiger charge is -2.07. The van der Waals surface area contributed by atoms with Crippen LogP contribution in [0.25, 0.3) is 0 Å². The van der Waals surface area contributed by atoms with Gasteiger partial charge < -0.3 is 10.6 Å². The van der Waals surface area contributed by atoms with E-state index in [2.05, 4.69) is 31.5 Å². The zero-order chi connectivity index (χ0) is 14.2. The molecule has 0 saturated carbocycles. The maximum atomic E-state index is 11.6. The number of hydrogen-bond acceptors (Lipinski definition) is 2. The normalized spacial score (nSPS) is 10.1. The molecule has 0 saturated heterocycles. The van der Waals surface area contributed by atoms with Gasteiger partial charge in [0, 0.05) is 30.0 Å². The summed E-state index contributed by atoms with van der Waals surface area (Å²) in [4.78, 5) is 15.5. The van der Waals surface area contributed by atoms with Gasteiger partial charge in [-0.3, -0.25) is 4.98 Å². The van der Waals surface area contributed by atoms with Gasteiger partial charge in [0.25, 0.3) is 0 Å². The number of aromatic nitrogens is 1. The second kappa shape index (κ2) is 7.65. The van der Waals surface area contributed by atoms with E-state index in [0.29, 0.717) is 13.1 Å². The van der Waals surface area contributed by atoms with E-state index in [-0.39, 0.29) is 6.03 Å². The third kappa shape index (κ3) is 5.01. The summed E-state index contributed by atoms with van der Waals surface area (Å²) in [6.07, 6.45) is 4.24. The Hall–Kier alpha value is -1.88. The van der Waals surface area contributed by atoms with Crippen LogP contribution in [0.5, 0.6) is 0 Å². The highest BCUT2D eigenvalue weighted by Crippen LogP contribution is 2.10. The van der Waals surface area contributed by atoms with Crippen molar-refractivity contribution in [3.8, 4) is 0 Å². The van der Waals surface area contributed by atoms with Crippen molar-refractivity contribution < 1.29 is 4.79 Å². The first kappa shape index (κ1) is 14.5. The van der Waals surface area contributed by atoms with Gasteiger partial charge in [0.2, 0.25) is 0 Å². The van der Waals surface area contributed by atoms with Gasteiger partial charge >= 0.3 is 6.03 Å². The lowest BCUT2D eigenvalue weighted by molar-refractivity contribution is 0.240. The molecule has 0 fully saturated rings. The van der Waals surface area contributed by atoms with E-state index in [1.807, 2.05) is 36.4 Å². The molecule has 1 heterocycles. The number of nitrogens with one attached hydrogen (secondary N) is 2. The van der Waals surface area contributed by atoms with Crippen LogP contribution in [0, 0.1) is 0 Å². The molecule has 2 N–H and O–H groups in total. The Morgan fingerprint density at radius 1 is 1.00 bits per heavy atom. The lowest BCUT2D eigenvalue weighted by atomic mass is 10.1. The van der Waals surface area contributed by atoms with E-state index in [4.69, 9.17) is 0 Å². The number of urea groups is 1. The van der Waals surface area contributed by atoms with Crippen LogP contribution in [0.3, 0.4) is 0 Å². The molecule has 0 unspecified atom stereocenters. The molecule has 1 aromatic heterocycles. The summed E-state index contributed by atoms with van der Waals surface area (Å²) in [5, 5.41) is 5.65. The average Bonchev–Trinajstić information content (AvgIpc) is 2.48. The maximum Gasteiger partial charge on any atom is 0.315 e. The number of carbonyl (C=O) groups excluding carboxylic acids is 1. The Morgan fingerprint density at radius 2 is 1.70 bits per heavy atom. The predicted octanol–water partition coefficient (Wildman–Crippen LogP) is 2.89. The second-order valence-corrected chi connectivity index (χ2v) is 5.26. The molecule has 2 aromatic rings. The number of nitrogens with zero attached hydrogens (tertiary/aromatic N) is 1. The Labute approximate surface area is 126 Å². The number of rotatable bonds is 5. The van der Waals surface area contributed by atoms with Crippen LogP contribution in [0.1, 0.15) is 11.1 Å². The first-order chi connectivity index (χ1) is 9.74. The van der Waals surface area contributed by atoms with Crippen LogP contribution >= 0.6 is 15.9 Å². The fourth-order valence-electron chi connectivity index (χ4n) is 1.72. The summed E-state index contributed by atoms with van der Waals surface area (Å²) >= 11 is 3.40. The van der Waals surface area contributed by atoms with E-state index in [0.717, 1.165) is 16.5 Å². The van der Waals surface area contributed by atoms with Crippen molar-refractivity contribution in [2.45, 2.75) is 13.0 Å². The molecule has 104 valence electrons. The Bertz CT molecular complexity index is 543. The minimum Gasteiger partial charge on any atom is -0.338 e. The first-order valence-corrected chi connectivity index (χ1v) is 7.18. The fourth-order valence-corrected chi connectivity index (χ4v) is 1.98. The fraction of sp³-hybridized carbons (Fsp3) is 0.200. The molecule has 0 aliphatic heterocycles. The molecule has 4 nitrogen and oxygen atoms in total. The molecule has 1 aromatic carbocycles. The monoisotopic (exact) mass is 333 g/mol. The third-order valence-electron chi connectivity index (χ3n) is 2.81. The van der Waals surface area contributed by atoms with Crippen molar-refractivity contribution in [2.24, 2.45) is 0 Å². The molecule has 2 amide bonds. The molecule has 5 heteroatoms. The maximum absolute atomic E-state index is 11.6. The summed E-state index contributed by atoms with van der Waals surface area (Å²) in [6.45, 7) is 1.12. The van der Waals surface area contributed by atoms with Crippen molar-refractivity contribution in [1.29, 1.82) is 0 Å². The standard InChI is InChI=1S/C15H16BrN3O/c16-14-3-1-12(2-4-14)7-10-18-15(20)19-11-13-5-8-17-9-6-13/h1-6,8-9H,7,10-11H2,(H2,18,19,20). The van der Waals surface area contributed by atoms with Crippen LogP contribution in [0.4, 0.5) is 4.79 Å². The number of carbonyl (C=O) groups is 1. The van der Waals surface area contributed by atoms with Gasteiger partial charge in [0.1, 0.15) is 0 Å². The van der Waals surface area contributed by atoms with Crippen molar-refractivity contribution in [3.05, 3.63) is 64.4 Å². The largest absolute Gasteiger partial charge is 0.338 e. The van der Waals surface area contributed by atoms with Crippen LogP contribution in [0.15, 0.2) is 53.3 Å². The Balaban J connectivity index is 1.66. The topological polar surface area (TPSA) is 54.0 Å². The number of halogens is 1. The highest BCUT2D eigenvalue weighted by atomic mass is 79.9. The van der Waals surface area contributed by atoms with Crippen molar-refractivity contribution in [3.63, 3.8) is 0 Å². The van der Waals surface area contributed by atoms with Gasteiger partial charge in [-0.05, 0) is 41.8 Å². The molecule has 2 rings (SSSR count). The molecular weight excluding hydrogens is 318 g/mol. The average molecular weight is 334 g/mol. The molecular formula is C15H16BrN3O. The van der Waals surface area contributed by atoms with Gasteiger partial charge in [0.05, 0.1) is 0 Å². The van der Waals surface area contributed by atoms with E-state index in [1.165, 1.54) is 5.56 Å². The van der Waals surface area contributed by atoms with Gasteiger partial charge in [-0.1, -0.05) is 28.1 Å². The molecule has 0 aliphatic rings. The summed E-state index contributed by atoms with van der Waals surface area (Å²) in [6, 6.07) is 11.7. The Morgan fingerprint density at radius 3 is 2.40 bits per heavy atom. The van der Waals surface area contributed by atoms with Crippen molar-refractivity contribution >= 4 is 22.0 Å². The van der Waals surface area contributed by atoms with Crippen LogP contribution in [-0.4, -0.2) is 17.6 Å². The van der Waals surface area contributed by atoms with Crippen molar-refractivity contribution in [1.82, 2.24) is 15.6 Å². The number of amides is 2. The van der Waals surface area contributed by atoms with Crippen LogP contribution in [-0.2, 0) is 13.0 Å². The Kier molecular flexibility index (Phi) is 5.55.